The van der Waals surface area contributed by atoms with Crippen LogP contribution in [-0.4, -0.2) is 83.5 Å². The molecule has 1 N–H and O–H groups in total. The number of ether oxygens (including phenoxy) is 2. The quantitative estimate of drug-likeness (QED) is 0.711. The Morgan fingerprint density at radius 3 is 2.66 bits per heavy atom. The molecule has 0 saturated heterocycles. The molecule has 1 aromatic heterocycles. The summed E-state index contributed by atoms with van der Waals surface area (Å²) in [7, 11) is 3.30. The van der Waals surface area contributed by atoms with Gasteiger partial charge in [0.15, 0.2) is 0 Å². The molecule has 1 aliphatic heterocycles. The molecule has 0 fully saturated rings. The van der Waals surface area contributed by atoms with Gasteiger partial charge in [0.2, 0.25) is 5.91 Å². The van der Waals surface area contributed by atoms with Crippen LogP contribution in [0.5, 0.6) is 5.75 Å². The number of benzene rings is 1. The van der Waals surface area contributed by atoms with E-state index in [1.165, 1.54) is 18.6 Å². The molecule has 1 aliphatic rings. The Kier molecular flexibility index (Phi) is 8.75. The summed E-state index contributed by atoms with van der Waals surface area (Å²) in [6.07, 6.45) is 4.39. The van der Waals surface area contributed by atoms with Gasteiger partial charge in [0, 0.05) is 57.7 Å². The van der Waals surface area contributed by atoms with Crippen LogP contribution in [0.4, 0.5) is 5.69 Å². The number of fused-ring (bicyclic) bond motifs is 1. The van der Waals surface area contributed by atoms with E-state index >= 15 is 0 Å². The topological polar surface area (TPSA) is 114 Å². The lowest BCUT2D eigenvalue weighted by Gasteiger charge is -2.36. The van der Waals surface area contributed by atoms with Crippen molar-refractivity contribution in [3.8, 4) is 5.75 Å². The zero-order chi connectivity index (χ0) is 25.5. The highest BCUT2D eigenvalue weighted by Gasteiger charge is 2.30. The van der Waals surface area contributed by atoms with Crippen molar-refractivity contribution in [2.45, 2.75) is 39.3 Å². The molecule has 0 radical (unpaired) electrons. The summed E-state index contributed by atoms with van der Waals surface area (Å²) in [6.45, 7) is 6.81. The van der Waals surface area contributed by atoms with Crippen LogP contribution in [0.2, 0.25) is 0 Å². The molecule has 0 bridgehead atoms. The molecule has 188 valence electrons. The highest BCUT2D eigenvalue weighted by molar-refractivity contribution is 6.04. The van der Waals surface area contributed by atoms with Crippen LogP contribution in [0.3, 0.4) is 0 Å². The summed E-state index contributed by atoms with van der Waals surface area (Å²) in [5.41, 5.74) is 0.879. The van der Waals surface area contributed by atoms with E-state index in [-0.39, 0.29) is 42.2 Å². The standard InChI is InChI=1S/C25H33N5O5/c1-6-23(31)30-13-16(2)22(34-5)14-29(4)25(33)19-11-18(7-8-21(19)35-15-17(30)3)28-24(32)20-12-26-9-10-27-20/h7-12,16-17,22H,6,13-15H2,1-5H3,(H,28,32)/t16-,17+,22+/m0/s1. The van der Waals surface area contributed by atoms with E-state index in [1.54, 1.807) is 37.3 Å². The number of amides is 3. The first-order chi connectivity index (χ1) is 16.7. The maximum Gasteiger partial charge on any atom is 0.275 e. The number of anilines is 1. The summed E-state index contributed by atoms with van der Waals surface area (Å²) in [5, 5.41) is 2.75. The van der Waals surface area contributed by atoms with E-state index in [4.69, 9.17) is 9.47 Å². The number of likely N-dealkylation sites (N-methyl/N-ethyl adjacent to an activating group) is 1. The number of carbonyl (C=O) groups is 3. The molecule has 0 saturated carbocycles. The van der Waals surface area contributed by atoms with Crippen molar-refractivity contribution >= 4 is 23.4 Å². The lowest BCUT2D eigenvalue weighted by molar-refractivity contribution is -0.135. The second-order valence-electron chi connectivity index (χ2n) is 8.75. The lowest BCUT2D eigenvalue weighted by atomic mass is 10.0. The van der Waals surface area contributed by atoms with Crippen molar-refractivity contribution < 1.29 is 23.9 Å². The number of methoxy groups -OCH3 is 1. The van der Waals surface area contributed by atoms with Crippen LogP contribution in [0, 0.1) is 5.92 Å². The SMILES string of the molecule is CCC(=O)N1C[C@H](C)[C@H](OC)CN(C)C(=O)c2cc(NC(=O)c3cnccn3)ccc2OC[C@H]1C. The summed E-state index contributed by atoms with van der Waals surface area (Å²) in [6, 6.07) is 4.68. The van der Waals surface area contributed by atoms with Gasteiger partial charge in [-0.2, -0.15) is 0 Å². The van der Waals surface area contributed by atoms with Crippen molar-refractivity contribution in [1.29, 1.82) is 0 Å². The van der Waals surface area contributed by atoms with Gasteiger partial charge in [-0.1, -0.05) is 13.8 Å². The van der Waals surface area contributed by atoms with Gasteiger partial charge < -0.3 is 24.6 Å². The van der Waals surface area contributed by atoms with Gasteiger partial charge in [0.1, 0.15) is 18.1 Å². The average molecular weight is 484 g/mol. The van der Waals surface area contributed by atoms with Crippen LogP contribution in [0.15, 0.2) is 36.8 Å². The van der Waals surface area contributed by atoms with Gasteiger partial charge in [-0.15, -0.1) is 0 Å². The first-order valence-electron chi connectivity index (χ1n) is 11.7. The van der Waals surface area contributed by atoms with Crippen molar-refractivity contribution in [3.63, 3.8) is 0 Å². The number of hydrogen-bond donors (Lipinski definition) is 1. The highest BCUT2D eigenvalue weighted by atomic mass is 16.5. The third kappa shape index (κ3) is 6.33. The van der Waals surface area contributed by atoms with E-state index in [9.17, 15) is 14.4 Å². The smallest absolute Gasteiger partial charge is 0.275 e. The fraction of sp³-hybridized carbons (Fsp3) is 0.480. The second-order valence-corrected chi connectivity index (χ2v) is 8.75. The number of nitrogens with one attached hydrogen (secondary N) is 1. The van der Waals surface area contributed by atoms with Crippen LogP contribution in [0.25, 0.3) is 0 Å². The number of carbonyl (C=O) groups excluding carboxylic acids is 3. The molecule has 2 heterocycles. The predicted octanol–water partition coefficient (Wildman–Crippen LogP) is 2.47. The van der Waals surface area contributed by atoms with Crippen LogP contribution in [0.1, 0.15) is 48.0 Å². The fourth-order valence-corrected chi connectivity index (χ4v) is 4.02. The van der Waals surface area contributed by atoms with Crippen LogP contribution in [-0.2, 0) is 9.53 Å². The van der Waals surface area contributed by atoms with E-state index in [0.717, 1.165) is 0 Å². The fourth-order valence-electron chi connectivity index (χ4n) is 4.02. The summed E-state index contributed by atoms with van der Waals surface area (Å²) >= 11 is 0. The molecule has 1 aromatic carbocycles. The van der Waals surface area contributed by atoms with Crippen LogP contribution >= 0.6 is 0 Å². The molecule has 3 rings (SSSR count). The van der Waals surface area contributed by atoms with Gasteiger partial charge in [-0.25, -0.2) is 4.98 Å². The predicted molar refractivity (Wildman–Crippen MR) is 130 cm³/mol. The molecule has 35 heavy (non-hydrogen) atoms. The maximum atomic E-state index is 13.4. The van der Waals surface area contributed by atoms with Crippen LogP contribution < -0.4 is 10.1 Å². The van der Waals surface area contributed by atoms with Gasteiger partial charge in [-0.3, -0.25) is 19.4 Å². The van der Waals surface area contributed by atoms with Crippen molar-refractivity contribution in [2.24, 2.45) is 5.92 Å². The minimum Gasteiger partial charge on any atom is -0.491 e. The van der Waals surface area contributed by atoms with Gasteiger partial charge >= 0.3 is 0 Å². The Labute approximate surface area is 205 Å². The summed E-state index contributed by atoms with van der Waals surface area (Å²) in [4.78, 5) is 49.9. The van der Waals surface area contributed by atoms with Gasteiger partial charge in [0.05, 0.1) is 23.9 Å². The molecular formula is C25H33N5O5. The first kappa shape index (κ1) is 26.1. The van der Waals surface area contributed by atoms with E-state index in [1.807, 2.05) is 25.7 Å². The molecule has 0 unspecified atom stereocenters. The molecule has 3 amide bonds. The third-order valence-corrected chi connectivity index (χ3v) is 6.12. The monoisotopic (exact) mass is 483 g/mol. The Balaban J connectivity index is 1.94. The number of aromatic nitrogens is 2. The van der Waals surface area contributed by atoms with Crippen molar-refractivity contribution in [1.82, 2.24) is 19.8 Å². The van der Waals surface area contributed by atoms with Gasteiger partial charge in [0.25, 0.3) is 11.8 Å². The molecule has 2 aromatic rings. The Morgan fingerprint density at radius 1 is 1.23 bits per heavy atom. The van der Waals surface area contributed by atoms with Crippen molar-refractivity contribution in [3.05, 3.63) is 48.0 Å². The lowest BCUT2D eigenvalue weighted by Crippen LogP contribution is -2.48. The minimum absolute atomic E-state index is 0.00954. The summed E-state index contributed by atoms with van der Waals surface area (Å²) < 4.78 is 11.7. The second kappa shape index (κ2) is 11.7. The molecule has 10 nitrogen and oxygen atoms in total. The molecule has 10 heteroatoms. The third-order valence-electron chi connectivity index (χ3n) is 6.12. The number of hydrogen-bond acceptors (Lipinski definition) is 7. The van der Waals surface area contributed by atoms with E-state index in [0.29, 0.717) is 36.5 Å². The zero-order valence-corrected chi connectivity index (χ0v) is 20.9. The molecule has 0 aliphatic carbocycles. The Bertz CT molecular complexity index is 1050. The summed E-state index contributed by atoms with van der Waals surface area (Å²) in [5.74, 6) is -0.308. The van der Waals surface area contributed by atoms with Crippen molar-refractivity contribution in [2.75, 3.05) is 39.2 Å². The Hall–Kier alpha value is -3.53. The normalized spacial score (nSPS) is 21.3. The largest absolute Gasteiger partial charge is 0.491 e. The van der Waals surface area contributed by atoms with Gasteiger partial charge in [-0.05, 0) is 25.1 Å². The average Bonchev–Trinajstić information content (AvgIpc) is 2.88. The highest BCUT2D eigenvalue weighted by Crippen LogP contribution is 2.27. The number of rotatable bonds is 4. The maximum absolute atomic E-state index is 13.4. The zero-order valence-electron chi connectivity index (χ0n) is 20.9. The van der Waals surface area contributed by atoms with E-state index < -0.39 is 5.91 Å². The molecule has 3 atom stereocenters. The molecular weight excluding hydrogens is 450 g/mol. The first-order valence-corrected chi connectivity index (χ1v) is 11.7. The molecule has 0 spiro atoms. The van der Waals surface area contributed by atoms with E-state index in [2.05, 4.69) is 15.3 Å². The number of nitrogens with zero attached hydrogens (tertiary/aromatic N) is 4. The minimum atomic E-state index is -0.441. The Morgan fingerprint density at radius 2 is 2.00 bits per heavy atom.